The Hall–Kier alpha value is -0.900. The minimum Gasteiger partial charge on any atom is -0.377 e. The van der Waals surface area contributed by atoms with Crippen LogP contribution in [0.4, 0.5) is 0 Å². The molecule has 1 aromatic carbocycles. The third kappa shape index (κ3) is 2.58. The van der Waals surface area contributed by atoms with Crippen molar-refractivity contribution in [1.82, 2.24) is 10.6 Å². The summed E-state index contributed by atoms with van der Waals surface area (Å²) in [5.74, 6) is 0. The van der Waals surface area contributed by atoms with Crippen molar-refractivity contribution in [2.24, 2.45) is 0 Å². The molecule has 2 aliphatic rings. The Kier molecular flexibility index (Phi) is 3.37. The van der Waals surface area contributed by atoms with Crippen molar-refractivity contribution in [2.45, 2.75) is 37.4 Å². The first kappa shape index (κ1) is 12.2. The molecule has 2 unspecified atom stereocenters. The van der Waals surface area contributed by atoms with Gasteiger partial charge in [0.15, 0.2) is 0 Å². The summed E-state index contributed by atoms with van der Waals surface area (Å²) in [6.07, 6.45) is 2.37. The fraction of sp³-hybridized carbons (Fsp3) is 0.600. The SMILES string of the molecule is CC1(NC2CCNC(c3ccccc3)C2)COC1. The molecule has 0 saturated carbocycles. The standard InChI is InChI=1S/C15H22N2O/c1-15(10-18-11-15)17-13-7-8-16-14(9-13)12-5-3-2-4-6-12/h2-6,13-14,16-17H,7-11H2,1H3. The van der Waals surface area contributed by atoms with Gasteiger partial charge in [0.25, 0.3) is 0 Å². The molecule has 98 valence electrons. The second kappa shape index (κ2) is 5.00. The maximum atomic E-state index is 5.31. The lowest BCUT2D eigenvalue weighted by Crippen LogP contribution is -2.62. The highest BCUT2D eigenvalue weighted by molar-refractivity contribution is 5.19. The molecule has 0 spiro atoms. The van der Waals surface area contributed by atoms with Crippen molar-refractivity contribution < 1.29 is 4.74 Å². The lowest BCUT2D eigenvalue weighted by Gasteiger charge is -2.44. The van der Waals surface area contributed by atoms with Gasteiger partial charge in [0.2, 0.25) is 0 Å². The molecule has 2 saturated heterocycles. The minimum atomic E-state index is 0.212. The quantitative estimate of drug-likeness (QED) is 0.854. The zero-order chi connectivity index (χ0) is 12.4. The van der Waals surface area contributed by atoms with Gasteiger partial charge in [0.05, 0.1) is 18.8 Å². The highest BCUT2D eigenvalue weighted by Crippen LogP contribution is 2.26. The molecule has 1 aromatic rings. The molecule has 3 heteroatoms. The number of hydrogen-bond acceptors (Lipinski definition) is 3. The summed E-state index contributed by atoms with van der Waals surface area (Å²) in [6.45, 7) is 5.06. The maximum Gasteiger partial charge on any atom is 0.0669 e. The van der Waals surface area contributed by atoms with E-state index >= 15 is 0 Å². The number of nitrogens with one attached hydrogen (secondary N) is 2. The van der Waals surface area contributed by atoms with E-state index in [1.165, 1.54) is 18.4 Å². The van der Waals surface area contributed by atoms with Crippen LogP contribution in [0.25, 0.3) is 0 Å². The van der Waals surface area contributed by atoms with E-state index < -0.39 is 0 Å². The summed E-state index contributed by atoms with van der Waals surface area (Å²) < 4.78 is 5.31. The normalized spacial score (nSPS) is 30.7. The molecule has 2 fully saturated rings. The maximum absolute atomic E-state index is 5.31. The number of ether oxygens (including phenoxy) is 1. The van der Waals surface area contributed by atoms with E-state index in [4.69, 9.17) is 4.74 Å². The van der Waals surface area contributed by atoms with Gasteiger partial charge >= 0.3 is 0 Å². The third-order valence-corrected chi connectivity index (χ3v) is 4.00. The third-order valence-electron chi connectivity index (χ3n) is 4.00. The van der Waals surface area contributed by atoms with E-state index in [0.717, 1.165) is 19.8 Å². The van der Waals surface area contributed by atoms with Crippen LogP contribution in [0.5, 0.6) is 0 Å². The largest absolute Gasteiger partial charge is 0.377 e. The van der Waals surface area contributed by atoms with Crippen LogP contribution < -0.4 is 10.6 Å². The Balaban J connectivity index is 1.62. The van der Waals surface area contributed by atoms with Crippen LogP contribution in [0.1, 0.15) is 31.4 Å². The van der Waals surface area contributed by atoms with E-state index in [1.807, 2.05) is 0 Å². The predicted octanol–water partition coefficient (Wildman–Crippen LogP) is 1.86. The van der Waals surface area contributed by atoms with Gasteiger partial charge in [-0.05, 0) is 31.9 Å². The summed E-state index contributed by atoms with van der Waals surface area (Å²) in [5.41, 5.74) is 1.61. The van der Waals surface area contributed by atoms with Crippen molar-refractivity contribution >= 4 is 0 Å². The summed E-state index contributed by atoms with van der Waals surface area (Å²) >= 11 is 0. The first-order chi connectivity index (χ1) is 8.75. The molecular weight excluding hydrogens is 224 g/mol. The van der Waals surface area contributed by atoms with Crippen molar-refractivity contribution in [1.29, 1.82) is 0 Å². The summed E-state index contributed by atoms with van der Waals surface area (Å²) in [5, 5.41) is 7.38. The fourth-order valence-corrected chi connectivity index (χ4v) is 2.97. The van der Waals surface area contributed by atoms with Crippen LogP contribution >= 0.6 is 0 Å². The fourth-order valence-electron chi connectivity index (χ4n) is 2.97. The van der Waals surface area contributed by atoms with Gasteiger partial charge in [-0.15, -0.1) is 0 Å². The molecule has 2 N–H and O–H groups in total. The Morgan fingerprint density at radius 2 is 2.06 bits per heavy atom. The lowest BCUT2D eigenvalue weighted by molar-refractivity contribution is -0.0714. The van der Waals surface area contributed by atoms with E-state index in [-0.39, 0.29) is 5.54 Å². The van der Waals surface area contributed by atoms with Gasteiger partial charge in [0.1, 0.15) is 0 Å². The predicted molar refractivity (Wildman–Crippen MR) is 72.6 cm³/mol. The number of benzene rings is 1. The van der Waals surface area contributed by atoms with Gasteiger partial charge in [-0.1, -0.05) is 30.3 Å². The molecule has 2 atom stereocenters. The van der Waals surface area contributed by atoms with E-state index in [1.54, 1.807) is 0 Å². The lowest BCUT2D eigenvalue weighted by atomic mass is 9.90. The van der Waals surface area contributed by atoms with Crippen molar-refractivity contribution in [3.05, 3.63) is 35.9 Å². The topological polar surface area (TPSA) is 33.3 Å². The number of hydrogen-bond donors (Lipinski definition) is 2. The molecule has 0 aliphatic carbocycles. The van der Waals surface area contributed by atoms with Crippen molar-refractivity contribution in [3.8, 4) is 0 Å². The monoisotopic (exact) mass is 246 g/mol. The molecule has 3 rings (SSSR count). The highest BCUT2D eigenvalue weighted by Gasteiger charge is 2.36. The van der Waals surface area contributed by atoms with Crippen molar-refractivity contribution in [3.63, 3.8) is 0 Å². The molecule has 0 aromatic heterocycles. The minimum absolute atomic E-state index is 0.212. The molecular formula is C15H22N2O. The molecule has 0 radical (unpaired) electrons. The Morgan fingerprint density at radius 1 is 1.28 bits per heavy atom. The smallest absolute Gasteiger partial charge is 0.0669 e. The van der Waals surface area contributed by atoms with Gasteiger partial charge in [-0.2, -0.15) is 0 Å². The Bertz CT molecular complexity index is 389. The molecule has 3 nitrogen and oxygen atoms in total. The second-order valence-electron chi connectivity index (χ2n) is 5.84. The Labute approximate surface area is 109 Å². The van der Waals surface area contributed by atoms with Gasteiger partial charge < -0.3 is 15.4 Å². The van der Waals surface area contributed by atoms with Crippen LogP contribution in [0.3, 0.4) is 0 Å². The number of piperidine rings is 1. The zero-order valence-electron chi connectivity index (χ0n) is 11.0. The van der Waals surface area contributed by atoms with E-state index in [2.05, 4.69) is 47.9 Å². The molecule has 0 amide bonds. The first-order valence-corrected chi connectivity index (χ1v) is 6.89. The van der Waals surface area contributed by atoms with Crippen LogP contribution in [0.15, 0.2) is 30.3 Å². The highest BCUT2D eigenvalue weighted by atomic mass is 16.5. The van der Waals surface area contributed by atoms with Crippen LogP contribution in [-0.4, -0.2) is 31.3 Å². The second-order valence-corrected chi connectivity index (χ2v) is 5.84. The summed E-state index contributed by atoms with van der Waals surface area (Å²) in [7, 11) is 0. The van der Waals surface area contributed by atoms with E-state index in [9.17, 15) is 0 Å². The average Bonchev–Trinajstić information content (AvgIpc) is 2.38. The zero-order valence-corrected chi connectivity index (χ0v) is 11.0. The van der Waals surface area contributed by atoms with Gasteiger partial charge in [-0.3, -0.25) is 0 Å². The Morgan fingerprint density at radius 3 is 2.72 bits per heavy atom. The first-order valence-electron chi connectivity index (χ1n) is 6.89. The molecule has 2 aliphatic heterocycles. The average molecular weight is 246 g/mol. The van der Waals surface area contributed by atoms with Gasteiger partial charge in [0, 0.05) is 12.1 Å². The van der Waals surface area contributed by atoms with Crippen molar-refractivity contribution in [2.75, 3.05) is 19.8 Å². The van der Waals surface area contributed by atoms with Crippen LogP contribution in [-0.2, 0) is 4.74 Å². The summed E-state index contributed by atoms with van der Waals surface area (Å²) in [4.78, 5) is 0. The van der Waals surface area contributed by atoms with Crippen LogP contribution in [0, 0.1) is 0 Å². The van der Waals surface area contributed by atoms with E-state index in [0.29, 0.717) is 12.1 Å². The molecule has 0 bridgehead atoms. The molecule has 2 heterocycles. The number of rotatable bonds is 3. The van der Waals surface area contributed by atoms with Gasteiger partial charge in [-0.25, -0.2) is 0 Å². The summed E-state index contributed by atoms with van der Waals surface area (Å²) in [6, 6.07) is 11.8. The molecule has 18 heavy (non-hydrogen) atoms. The van der Waals surface area contributed by atoms with Crippen LogP contribution in [0.2, 0.25) is 0 Å².